The molecule has 0 aliphatic heterocycles. The molecule has 2 heterocycles. The lowest BCUT2D eigenvalue weighted by Gasteiger charge is -2.00. The molecule has 0 aliphatic rings. The molecule has 0 atom stereocenters. The van der Waals surface area contributed by atoms with Gasteiger partial charge in [0.25, 0.3) is 0 Å². The Bertz CT molecular complexity index is 936. The molecule has 0 bridgehead atoms. The number of hydrogen-bond donors (Lipinski definition) is 1. The van der Waals surface area contributed by atoms with E-state index in [4.69, 9.17) is 9.52 Å². The lowest BCUT2D eigenvalue weighted by molar-refractivity contribution is 0.620. The Morgan fingerprint density at radius 1 is 1.04 bits per heavy atom. The van der Waals surface area contributed by atoms with Crippen molar-refractivity contribution in [2.45, 2.75) is 20.0 Å². The third-order valence-electron chi connectivity index (χ3n) is 4.25. The topological polar surface area (TPSA) is 43.0 Å². The number of hydrogen-bond acceptors (Lipinski definition) is 3. The molecule has 0 amide bonds. The number of para-hydroxylation sites is 1. The van der Waals surface area contributed by atoms with Crippen LogP contribution in [0, 0.1) is 0 Å². The molecule has 4 rings (SSSR count). The van der Waals surface area contributed by atoms with Crippen molar-refractivity contribution in [3.8, 4) is 11.5 Å². The van der Waals surface area contributed by atoms with Gasteiger partial charge in [-0.05, 0) is 24.2 Å². The molecule has 4 aromatic rings. The largest absolute Gasteiger partial charge is 0.454 e. The standard InChI is InChI=1S/C21H21N3O/c1-2-22-13-18-15-24(14-16-8-4-3-5-9-16)23-21(18)20-12-17-10-6-7-11-19(17)25-20/h3-12,15,22H,2,13-14H2,1H3. The van der Waals surface area contributed by atoms with Crippen LogP contribution < -0.4 is 5.32 Å². The van der Waals surface area contributed by atoms with E-state index in [0.717, 1.165) is 47.6 Å². The van der Waals surface area contributed by atoms with Gasteiger partial charge in [0.15, 0.2) is 5.76 Å². The monoisotopic (exact) mass is 331 g/mol. The summed E-state index contributed by atoms with van der Waals surface area (Å²) in [5.41, 5.74) is 4.19. The molecule has 4 nitrogen and oxygen atoms in total. The fraction of sp³-hybridized carbons (Fsp3) is 0.190. The summed E-state index contributed by atoms with van der Waals surface area (Å²) < 4.78 is 8.03. The summed E-state index contributed by atoms with van der Waals surface area (Å²) in [4.78, 5) is 0. The van der Waals surface area contributed by atoms with Gasteiger partial charge in [-0.3, -0.25) is 4.68 Å². The molecule has 2 aromatic heterocycles. The smallest absolute Gasteiger partial charge is 0.156 e. The zero-order valence-electron chi connectivity index (χ0n) is 14.3. The number of benzene rings is 2. The van der Waals surface area contributed by atoms with E-state index in [2.05, 4.69) is 54.8 Å². The number of nitrogens with zero attached hydrogens (tertiary/aromatic N) is 2. The van der Waals surface area contributed by atoms with E-state index < -0.39 is 0 Å². The molecule has 1 N–H and O–H groups in total. The van der Waals surface area contributed by atoms with Gasteiger partial charge in [-0.15, -0.1) is 0 Å². The molecule has 0 spiro atoms. The first-order valence-corrected chi connectivity index (χ1v) is 8.63. The first kappa shape index (κ1) is 15.7. The first-order valence-electron chi connectivity index (χ1n) is 8.63. The van der Waals surface area contributed by atoms with Gasteiger partial charge in [0.05, 0.1) is 6.54 Å². The van der Waals surface area contributed by atoms with Gasteiger partial charge < -0.3 is 9.73 Å². The summed E-state index contributed by atoms with van der Waals surface area (Å²) in [6, 6.07) is 20.5. The molecule has 0 fully saturated rings. The minimum absolute atomic E-state index is 0.750. The quantitative estimate of drug-likeness (QED) is 0.567. The molecule has 2 aromatic carbocycles. The molecule has 0 radical (unpaired) electrons. The Labute approximate surface area is 147 Å². The van der Waals surface area contributed by atoms with Crippen molar-refractivity contribution in [2.75, 3.05) is 6.54 Å². The zero-order valence-corrected chi connectivity index (χ0v) is 14.3. The number of nitrogens with one attached hydrogen (secondary N) is 1. The molecule has 126 valence electrons. The van der Waals surface area contributed by atoms with Gasteiger partial charge in [-0.1, -0.05) is 55.5 Å². The predicted octanol–water partition coefficient (Wildman–Crippen LogP) is 4.45. The maximum atomic E-state index is 6.03. The van der Waals surface area contributed by atoms with Crippen molar-refractivity contribution in [1.29, 1.82) is 0 Å². The molecular formula is C21H21N3O. The van der Waals surface area contributed by atoms with Gasteiger partial charge >= 0.3 is 0 Å². The predicted molar refractivity (Wildman–Crippen MR) is 100 cm³/mol. The second-order valence-electron chi connectivity index (χ2n) is 6.11. The van der Waals surface area contributed by atoms with Crippen LogP contribution in [0.1, 0.15) is 18.1 Å². The van der Waals surface area contributed by atoms with Crippen molar-refractivity contribution < 1.29 is 4.42 Å². The van der Waals surface area contributed by atoms with E-state index in [1.807, 2.05) is 28.9 Å². The second kappa shape index (κ2) is 6.95. The molecule has 25 heavy (non-hydrogen) atoms. The highest BCUT2D eigenvalue weighted by molar-refractivity contribution is 5.82. The SMILES string of the molecule is CCNCc1cn(Cc2ccccc2)nc1-c1cc2ccccc2o1. The third kappa shape index (κ3) is 3.35. The van der Waals surface area contributed by atoms with Crippen LogP contribution in [0.25, 0.3) is 22.4 Å². The van der Waals surface area contributed by atoms with Gasteiger partial charge in [-0.25, -0.2) is 0 Å². The number of fused-ring (bicyclic) bond motifs is 1. The molecular weight excluding hydrogens is 310 g/mol. The average molecular weight is 331 g/mol. The fourth-order valence-electron chi connectivity index (χ4n) is 3.01. The highest BCUT2D eigenvalue weighted by atomic mass is 16.3. The Kier molecular flexibility index (Phi) is 4.36. The van der Waals surface area contributed by atoms with Gasteiger partial charge in [0.2, 0.25) is 0 Å². The van der Waals surface area contributed by atoms with E-state index in [-0.39, 0.29) is 0 Å². The normalized spacial score (nSPS) is 11.2. The van der Waals surface area contributed by atoms with Crippen LogP contribution in [0.2, 0.25) is 0 Å². The Morgan fingerprint density at radius 2 is 1.84 bits per heavy atom. The van der Waals surface area contributed by atoms with E-state index in [1.165, 1.54) is 5.56 Å². The second-order valence-corrected chi connectivity index (χ2v) is 6.11. The third-order valence-corrected chi connectivity index (χ3v) is 4.25. The van der Waals surface area contributed by atoms with Gasteiger partial charge in [-0.2, -0.15) is 5.10 Å². The van der Waals surface area contributed by atoms with E-state index in [1.54, 1.807) is 0 Å². The summed E-state index contributed by atoms with van der Waals surface area (Å²) in [6.07, 6.45) is 2.11. The number of aromatic nitrogens is 2. The van der Waals surface area contributed by atoms with Crippen LogP contribution in [-0.2, 0) is 13.1 Å². The van der Waals surface area contributed by atoms with E-state index in [9.17, 15) is 0 Å². The summed E-state index contributed by atoms with van der Waals surface area (Å²) >= 11 is 0. The van der Waals surface area contributed by atoms with Crippen molar-refractivity contribution in [2.24, 2.45) is 0 Å². The van der Waals surface area contributed by atoms with Crippen LogP contribution in [0.3, 0.4) is 0 Å². The number of furan rings is 1. The summed E-state index contributed by atoms with van der Waals surface area (Å²) in [6.45, 7) is 4.55. The molecule has 0 aliphatic carbocycles. The van der Waals surface area contributed by atoms with Gasteiger partial charge in [0, 0.05) is 23.7 Å². The van der Waals surface area contributed by atoms with E-state index in [0.29, 0.717) is 0 Å². The maximum absolute atomic E-state index is 6.03. The minimum atomic E-state index is 0.750. The highest BCUT2D eigenvalue weighted by Crippen LogP contribution is 2.29. The van der Waals surface area contributed by atoms with Crippen molar-refractivity contribution in [3.63, 3.8) is 0 Å². The lowest BCUT2D eigenvalue weighted by Crippen LogP contribution is -2.11. The fourth-order valence-corrected chi connectivity index (χ4v) is 3.01. The molecule has 0 saturated heterocycles. The summed E-state index contributed by atoms with van der Waals surface area (Å²) in [5.74, 6) is 0.820. The molecule has 0 unspecified atom stereocenters. The number of rotatable bonds is 6. The maximum Gasteiger partial charge on any atom is 0.156 e. The lowest BCUT2D eigenvalue weighted by atomic mass is 10.2. The first-order chi connectivity index (χ1) is 12.3. The zero-order chi connectivity index (χ0) is 17.1. The minimum Gasteiger partial charge on any atom is -0.454 e. The average Bonchev–Trinajstić information content (AvgIpc) is 3.24. The summed E-state index contributed by atoms with van der Waals surface area (Å²) in [5, 5.41) is 9.30. The van der Waals surface area contributed by atoms with Crippen molar-refractivity contribution >= 4 is 11.0 Å². The van der Waals surface area contributed by atoms with E-state index >= 15 is 0 Å². The molecule has 4 heteroatoms. The van der Waals surface area contributed by atoms with Crippen LogP contribution >= 0.6 is 0 Å². The van der Waals surface area contributed by atoms with Gasteiger partial charge in [0.1, 0.15) is 11.3 Å². The van der Waals surface area contributed by atoms with Crippen LogP contribution in [-0.4, -0.2) is 16.3 Å². The molecule has 0 saturated carbocycles. The van der Waals surface area contributed by atoms with Crippen LogP contribution in [0.15, 0.2) is 71.3 Å². The summed E-state index contributed by atoms with van der Waals surface area (Å²) in [7, 11) is 0. The highest BCUT2D eigenvalue weighted by Gasteiger charge is 2.15. The van der Waals surface area contributed by atoms with Crippen molar-refractivity contribution in [1.82, 2.24) is 15.1 Å². The Balaban J connectivity index is 1.71. The van der Waals surface area contributed by atoms with Crippen molar-refractivity contribution in [3.05, 3.63) is 78.0 Å². The van der Waals surface area contributed by atoms with Crippen LogP contribution in [0.5, 0.6) is 0 Å². The van der Waals surface area contributed by atoms with Crippen LogP contribution in [0.4, 0.5) is 0 Å². The Hall–Kier alpha value is -2.85. The Morgan fingerprint density at radius 3 is 2.64 bits per heavy atom.